The first-order valence-electron chi connectivity index (χ1n) is 12.3. The van der Waals surface area contributed by atoms with Crippen LogP contribution in [0.1, 0.15) is 48.2 Å². The van der Waals surface area contributed by atoms with Crippen molar-refractivity contribution in [3.63, 3.8) is 0 Å². The van der Waals surface area contributed by atoms with Crippen LogP contribution in [-0.4, -0.2) is 47.8 Å². The van der Waals surface area contributed by atoms with Crippen LogP contribution in [0.15, 0.2) is 42.5 Å². The summed E-state index contributed by atoms with van der Waals surface area (Å²) in [6.45, 7) is 4.70. The molecule has 0 radical (unpaired) electrons. The van der Waals surface area contributed by atoms with Crippen LogP contribution >= 0.6 is 0 Å². The third-order valence-electron chi connectivity index (χ3n) is 8.13. The molecule has 180 valence electrons. The van der Waals surface area contributed by atoms with Gasteiger partial charge in [-0.25, -0.2) is 9.69 Å². The number of carbonyl (C=O) groups excluding carboxylic acids is 4. The summed E-state index contributed by atoms with van der Waals surface area (Å²) in [5.41, 5.74) is 2.19. The average Bonchev–Trinajstić information content (AvgIpc) is 3.57. The van der Waals surface area contributed by atoms with Gasteiger partial charge in [0.1, 0.15) is 5.54 Å². The standard InChI is InChI=1S/C27H27N3O5/c1-3-15-7-5-8-18-22(15)28-26(34)27(18)21-20(19-9-6-14-29(19)27)23(31)30(24(21)32)17-12-10-16(11-13-17)25(33)35-4-2/h5,7-8,10-13,19-21H,3-4,6,9,14H2,1-2H3,(H,28,34). The summed E-state index contributed by atoms with van der Waals surface area (Å²) in [6.07, 6.45) is 2.40. The molecule has 0 bridgehead atoms. The number of aryl methyl sites for hydroxylation is 1. The Morgan fingerprint density at radius 1 is 1.09 bits per heavy atom. The van der Waals surface area contributed by atoms with Crippen LogP contribution in [0.5, 0.6) is 0 Å². The predicted molar refractivity (Wildman–Crippen MR) is 128 cm³/mol. The van der Waals surface area contributed by atoms with E-state index in [-0.39, 0.29) is 30.4 Å². The van der Waals surface area contributed by atoms with Crippen molar-refractivity contribution in [2.75, 3.05) is 23.4 Å². The number of fused-ring (bicyclic) bond motifs is 7. The second kappa shape index (κ2) is 7.75. The highest BCUT2D eigenvalue weighted by Gasteiger charge is 2.74. The van der Waals surface area contributed by atoms with E-state index in [0.717, 1.165) is 36.1 Å². The topological polar surface area (TPSA) is 96.0 Å². The number of imide groups is 1. The first-order chi connectivity index (χ1) is 16.9. The summed E-state index contributed by atoms with van der Waals surface area (Å²) in [4.78, 5) is 57.0. The smallest absolute Gasteiger partial charge is 0.338 e. The number of anilines is 2. The Bertz CT molecular complexity index is 1270. The van der Waals surface area contributed by atoms with Crippen molar-refractivity contribution in [3.8, 4) is 0 Å². The van der Waals surface area contributed by atoms with Crippen molar-refractivity contribution in [1.82, 2.24) is 4.90 Å². The molecule has 3 saturated heterocycles. The van der Waals surface area contributed by atoms with Crippen molar-refractivity contribution in [3.05, 3.63) is 59.2 Å². The number of carbonyl (C=O) groups is 4. The van der Waals surface area contributed by atoms with Crippen molar-refractivity contribution >= 4 is 35.1 Å². The first kappa shape index (κ1) is 22.0. The molecule has 4 atom stereocenters. The van der Waals surface area contributed by atoms with Crippen LogP contribution in [-0.2, 0) is 31.1 Å². The minimum absolute atomic E-state index is 0.165. The molecule has 8 heteroatoms. The lowest BCUT2D eigenvalue weighted by atomic mass is 9.75. The van der Waals surface area contributed by atoms with Crippen LogP contribution in [0.25, 0.3) is 0 Å². The predicted octanol–water partition coefficient (Wildman–Crippen LogP) is 2.86. The molecule has 0 aliphatic carbocycles. The second-order valence-electron chi connectivity index (χ2n) is 9.60. The molecule has 2 aromatic carbocycles. The van der Waals surface area contributed by atoms with Gasteiger partial charge in [-0.2, -0.15) is 0 Å². The third-order valence-corrected chi connectivity index (χ3v) is 8.13. The van der Waals surface area contributed by atoms with Gasteiger partial charge in [-0.1, -0.05) is 25.1 Å². The summed E-state index contributed by atoms with van der Waals surface area (Å²) in [5.74, 6) is -2.68. The highest BCUT2D eigenvalue weighted by molar-refractivity contribution is 6.26. The fraction of sp³-hybridized carbons (Fsp3) is 0.407. The number of esters is 1. The molecule has 4 aliphatic heterocycles. The molecule has 3 fully saturated rings. The molecule has 2 aromatic rings. The molecular weight excluding hydrogens is 446 g/mol. The van der Waals surface area contributed by atoms with Crippen molar-refractivity contribution < 1.29 is 23.9 Å². The molecule has 0 saturated carbocycles. The third kappa shape index (κ3) is 2.71. The van der Waals surface area contributed by atoms with E-state index < -0.39 is 23.3 Å². The summed E-state index contributed by atoms with van der Waals surface area (Å²) in [7, 11) is 0. The fourth-order valence-corrected chi connectivity index (χ4v) is 6.80. The molecule has 8 nitrogen and oxygen atoms in total. The van der Waals surface area contributed by atoms with E-state index in [2.05, 4.69) is 10.2 Å². The maximum absolute atomic E-state index is 14.0. The van der Waals surface area contributed by atoms with Gasteiger partial charge in [0.05, 0.1) is 29.7 Å². The Morgan fingerprint density at radius 3 is 2.57 bits per heavy atom. The summed E-state index contributed by atoms with van der Waals surface area (Å²) < 4.78 is 5.03. The molecule has 3 amide bonds. The SMILES string of the molecule is CCOC(=O)c1ccc(N2C(=O)C3C4CCCN4C4(C(=O)Nc5c(CC)cccc54)C3C2=O)cc1. The molecule has 4 heterocycles. The zero-order valence-corrected chi connectivity index (χ0v) is 19.7. The van der Waals surface area contributed by atoms with E-state index in [4.69, 9.17) is 4.74 Å². The Kier molecular flexibility index (Phi) is 4.86. The van der Waals surface area contributed by atoms with Crippen molar-refractivity contribution in [2.45, 2.75) is 44.7 Å². The number of hydrogen-bond donors (Lipinski definition) is 1. The number of rotatable bonds is 4. The normalized spacial score (nSPS) is 28.9. The largest absolute Gasteiger partial charge is 0.462 e. The Hall–Kier alpha value is -3.52. The maximum atomic E-state index is 14.0. The van der Waals surface area contributed by atoms with Gasteiger partial charge in [-0.15, -0.1) is 0 Å². The van der Waals surface area contributed by atoms with Gasteiger partial charge >= 0.3 is 5.97 Å². The van der Waals surface area contributed by atoms with E-state index in [1.165, 1.54) is 4.90 Å². The number of benzene rings is 2. The monoisotopic (exact) mass is 473 g/mol. The summed E-state index contributed by atoms with van der Waals surface area (Å²) in [6, 6.07) is 12.0. The minimum atomic E-state index is -1.18. The minimum Gasteiger partial charge on any atom is -0.462 e. The van der Waals surface area contributed by atoms with Gasteiger partial charge in [0.15, 0.2) is 0 Å². The lowest BCUT2D eigenvalue weighted by Gasteiger charge is -2.36. The van der Waals surface area contributed by atoms with Crippen LogP contribution in [0, 0.1) is 11.8 Å². The Morgan fingerprint density at radius 2 is 1.86 bits per heavy atom. The number of nitrogens with zero attached hydrogens (tertiary/aromatic N) is 2. The Balaban J connectivity index is 1.45. The number of ether oxygens (including phenoxy) is 1. The van der Waals surface area contributed by atoms with Gasteiger partial charge in [0, 0.05) is 17.3 Å². The lowest BCUT2D eigenvalue weighted by molar-refractivity contribution is -0.135. The van der Waals surface area contributed by atoms with Crippen molar-refractivity contribution in [2.24, 2.45) is 11.8 Å². The fourth-order valence-electron chi connectivity index (χ4n) is 6.80. The molecule has 4 aliphatic rings. The van der Waals surface area contributed by atoms with Crippen LogP contribution in [0.4, 0.5) is 11.4 Å². The van der Waals surface area contributed by atoms with Crippen LogP contribution in [0.3, 0.4) is 0 Å². The van der Waals surface area contributed by atoms with E-state index in [1.807, 2.05) is 25.1 Å². The molecular formula is C27H27N3O5. The molecule has 4 unspecified atom stereocenters. The van der Waals surface area contributed by atoms with Gasteiger partial charge in [0.25, 0.3) is 0 Å². The quantitative estimate of drug-likeness (QED) is 0.542. The first-order valence-corrected chi connectivity index (χ1v) is 12.3. The summed E-state index contributed by atoms with van der Waals surface area (Å²) >= 11 is 0. The number of amides is 3. The van der Waals surface area contributed by atoms with E-state index in [0.29, 0.717) is 17.8 Å². The lowest BCUT2D eigenvalue weighted by Crippen LogP contribution is -2.54. The molecule has 6 rings (SSSR count). The highest BCUT2D eigenvalue weighted by atomic mass is 16.5. The Labute approximate surface area is 203 Å². The van der Waals surface area contributed by atoms with E-state index in [9.17, 15) is 19.2 Å². The number of para-hydroxylation sites is 1. The number of nitrogens with one attached hydrogen (secondary N) is 1. The molecule has 0 aromatic heterocycles. The van der Waals surface area contributed by atoms with Crippen LogP contribution in [0.2, 0.25) is 0 Å². The number of hydrogen-bond acceptors (Lipinski definition) is 6. The molecule has 35 heavy (non-hydrogen) atoms. The van der Waals surface area contributed by atoms with Gasteiger partial charge in [0.2, 0.25) is 17.7 Å². The zero-order chi connectivity index (χ0) is 24.5. The second-order valence-corrected chi connectivity index (χ2v) is 9.60. The van der Waals surface area contributed by atoms with Gasteiger partial charge < -0.3 is 10.1 Å². The van der Waals surface area contributed by atoms with Crippen molar-refractivity contribution in [1.29, 1.82) is 0 Å². The summed E-state index contributed by atoms with van der Waals surface area (Å²) in [5, 5.41) is 3.08. The van der Waals surface area contributed by atoms with E-state index >= 15 is 0 Å². The van der Waals surface area contributed by atoms with E-state index in [1.54, 1.807) is 31.2 Å². The zero-order valence-electron chi connectivity index (χ0n) is 19.7. The highest BCUT2D eigenvalue weighted by Crippen LogP contribution is 2.61. The maximum Gasteiger partial charge on any atom is 0.338 e. The van der Waals surface area contributed by atoms with Gasteiger partial charge in [-0.3, -0.25) is 19.3 Å². The van der Waals surface area contributed by atoms with Crippen LogP contribution < -0.4 is 10.2 Å². The van der Waals surface area contributed by atoms with Gasteiger partial charge in [-0.05, 0) is 62.6 Å². The molecule has 1 N–H and O–H groups in total. The average molecular weight is 474 g/mol. The molecule has 1 spiro atoms.